The Morgan fingerprint density at radius 2 is 1.40 bits per heavy atom. The molecule has 1 heterocycles. The summed E-state index contributed by atoms with van der Waals surface area (Å²) in [5.41, 5.74) is 0.895. The van der Waals surface area contributed by atoms with E-state index in [0.29, 0.717) is 23.1 Å². The van der Waals surface area contributed by atoms with Crippen LogP contribution in [-0.2, 0) is 22.7 Å². The summed E-state index contributed by atoms with van der Waals surface area (Å²) in [7, 11) is 0. The van der Waals surface area contributed by atoms with Gasteiger partial charge in [0.25, 0.3) is 5.91 Å². The molecule has 242 valence electrons. The van der Waals surface area contributed by atoms with Crippen molar-refractivity contribution in [3.05, 3.63) is 53.3 Å². The number of amides is 2. The van der Waals surface area contributed by atoms with Crippen molar-refractivity contribution in [1.82, 2.24) is 4.90 Å². The number of unbranched alkanes of at least 4 members (excludes halogenated alkanes) is 13. The molecule has 1 aromatic heterocycles. The lowest BCUT2D eigenvalue weighted by atomic mass is 10.0. The third-order valence-electron chi connectivity index (χ3n) is 7.52. The normalized spacial score (nSPS) is 10.7. The Morgan fingerprint density at radius 3 is 1.95 bits per heavy atom. The minimum atomic E-state index is -0.399. The van der Waals surface area contributed by atoms with E-state index in [1.165, 1.54) is 88.9 Å². The largest absolute Gasteiger partial charge is 1.00 e. The number of hydrogen-bond acceptors (Lipinski definition) is 4. The van der Waals surface area contributed by atoms with Crippen LogP contribution in [0.2, 0.25) is 5.02 Å². The van der Waals surface area contributed by atoms with E-state index < -0.39 is 5.91 Å². The maximum absolute atomic E-state index is 12.9. The number of carbonyl (C=O) groups excluding carboxylic acids is 2. The molecule has 0 radical (unpaired) electrons. The lowest BCUT2D eigenvalue weighted by molar-refractivity contribution is -0.704. The van der Waals surface area contributed by atoms with Crippen LogP contribution in [0.1, 0.15) is 123 Å². The molecule has 43 heavy (non-hydrogen) atoms. The number of aryl methyl sites for hydroxylation is 1. The first-order valence-electron chi connectivity index (χ1n) is 16.3. The molecule has 0 fully saturated rings. The van der Waals surface area contributed by atoms with Crippen LogP contribution >= 0.6 is 11.6 Å². The van der Waals surface area contributed by atoms with Gasteiger partial charge in [0.05, 0.1) is 11.6 Å². The number of aromatic nitrogens is 1. The van der Waals surface area contributed by atoms with E-state index in [0.717, 1.165) is 31.5 Å². The molecule has 0 bridgehead atoms. The van der Waals surface area contributed by atoms with E-state index in [1.807, 2.05) is 24.4 Å². The number of nitrogens with zero attached hydrogens (tertiary/aromatic N) is 2. The van der Waals surface area contributed by atoms with Gasteiger partial charge in [-0.05, 0) is 18.6 Å². The second-order valence-electron chi connectivity index (χ2n) is 11.2. The van der Waals surface area contributed by atoms with Gasteiger partial charge in [0, 0.05) is 31.5 Å². The van der Waals surface area contributed by atoms with Crippen molar-refractivity contribution in [2.75, 3.05) is 13.2 Å². The van der Waals surface area contributed by atoms with Gasteiger partial charge < -0.3 is 33.5 Å². The van der Waals surface area contributed by atoms with Gasteiger partial charge in [0.1, 0.15) is 24.6 Å². The first-order chi connectivity index (χ1) is 20.5. The van der Waals surface area contributed by atoms with Crippen LogP contribution in [0.5, 0.6) is 11.5 Å². The number of ether oxygens (including phenoxy) is 2. The number of imide groups is 1. The van der Waals surface area contributed by atoms with Crippen molar-refractivity contribution in [1.29, 1.82) is 0 Å². The van der Waals surface area contributed by atoms with Crippen molar-refractivity contribution < 1.29 is 47.6 Å². The van der Waals surface area contributed by atoms with Crippen LogP contribution in [-0.4, -0.2) is 29.9 Å². The van der Waals surface area contributed by atoms with Crippen LogP contribution in [0.4, 0.5) is 0 Å². The highest BCUT2D eigenvalue weighted by atomic mass is 127. The summed E-state index contributed by atoms with van der Waals surface area (Å²) >= 11 is 6.42. The third-order valence-corrected chi connectivity index (χ3v) is 7.82. The Morgan fingerprint density at radius 1 is 0.791 bits per heavy atom. The maximum atomic E-state index is 12.9. The topological polar surface area (TPSA) is 59.7 Å². The number of pyridine rings is 1. The van der Waals surface area contributed by atoms with E-state index in [9.17, 15) is 9.59 Å². The van der Waals surface area contributed by atoms with Crippen LogP contribution in [0.25, 0.3) is 0 Å². The molecule has 6 nitrogen and oxygen atoms in total. The summed E-state index contributed by atoms with van der Waals surface area (Å²) in [4.78, 5) is 26.3. The fraction of sp³-hybridized carbons (Fsp3) is 0.629. The molecule has 8 heteroatoms. The number of halogens is 2. The second kappa shape index (κ2) is 24.5. The monoisotopic (exact) mass is 728 g/mol. The Labute approximate surface area is 282 Å². The molecule has 1 aromatic carbocycles. The molecular weight excluding hydrogens is 675 g/mol. The zero-order chi connectivity index (χ0) is 30.4. The summed E-state index contributed by atoms with van der Waals surface area (Å²) in [5, 5.41) is 0.443. The Bertz CT molecular complexity index is 1050. The summed E-state index contributed by atoms with van der Waals surface area (Å²) in [5.74, 6) is 0.353. The van der Waals surface area contributed by atoms with Crippen molar-refractivity contribution in [3.63, 3.8) is 0 Å². The molecule has 2 amide bonds. The highest BCUT2D eigenvalue weighted by molar-refractivity contribution is 6.32. The average molecular weight is 729 g/mol. The molecular formula is C35H54ClIN2O4. The predicted molar refractivity (Wildman–Crippen MR) is 171 cm³/mol. The average Bonchev–Trinajstić information content (AvgIpc) is 2.98. The van der Waals surface area contributed by atoms with E-state index >= 15 is 0 Å². The van der Waals surface area contributed by atoms with Gasteiger partial charge >= 0.3 is 0 Å². The number of hydrogen-bond donors (Lipinski definition) is 0. The zero-order valence-corrected chi connectivity index (χ0v) is 29.7. The minimum absolute atomic E-state index is 0. The molecule has 0 aliphatic carbocycles. The predicted octanol–water partition coefficient (Wildman–Crippen LogP) is 5.86. The molecule has 0 saturated heterocycles. The van der Waals surface area contributed by atoms with Crippen LogP contribution in [0, 0.1) is 0 Å². The standard InChI is InChI=1S/C35H54ClN2O4.HI/c1-4-6-7-8-9-10-11-12-13-14-15-16-17-20-26-41-34-23-22-32(27-33(34)36)42-29-35(40)38(30(3)39)28-31-21-18-19-25-37(31)24-5-2;/h18-19,21-23,25,27H,4-17,20,24,26,28-29H2,1-3H3;1H/q+1;/p-1. The van der Waals surface area contributed by atoms with Gasteiger partial charge in [0.15, 0.2) is 12.8 Å². The van der Waals surface area contributed by atoms with Crippen LogP contribution in [0.3, 0.4) is 0 Å². The smallest absolute Gasteiger partial charge is 0.267 e. The lowest BCUT2D eigenvalue weighted by Crippen LogP contribution is -3.00. The number of carbonyl (C=O) groups is 2. The molecule has 2 aromatic rings. The van der Waals surface area contributed by atoms with E-state index in [-0.39, 0.29) is 43.0 Å². The molecule has 0 aliphatic rings. The first kappa shape index (κ1) is 39.2. The molecule has 0 spiro atoms. The SMILES string of the molecule is CCCCCCCCCCCCCCCCOc1ccc(OCC(=O)N(Cc2cccc[n+]2CCC)C(C)=O)cc1Cl.[I-]. The van der Waals surface area contributed by atoms with Gasteiger partial charge in [-0.1, -0.05) is 115 Å². The second-order valence-corrected chi connectivity index (χ2v) is 11.6. The van der Waals surface area contributed by atoms with Crippen LogP contribution < -0.4 is 38.0 Å². The molecule has 0 unspecified atom stereocenters. The molecule has 2 rings (SSSR count). The summed E-state index contributed by atoms with van der Waals surface area (Å²) in [6.45, 7) is 7.15. The Balaban J connectivity index is 0.00000924. The van der Waals surface area contributed by atoms with Gasteiger partial charge in [0.2, 0.25) is 11.6 Å². The van der Waals surface area contributed by atoms with Gasteiger partial charge in [-0.25, -0.2) is 4.57 Å². The highest BCUT2D eigenvalue weighted by Gasteiger charge is 2.23. The van der Waals surface area contributed by atoms with Gasteiger partial charge in [-0.3, -0.25) is 14.5 Å². The Kier molecular flexibility index (Phi) is 22.3. The molecule has 0 N–H and O–H groups in total. The molecule has 0 atom stereocenters. The quantitative estimate of drug-likeness (QED) is 0.0819. The molecule has 0 saturated carbocycles. The van der Waals surface area contributed by atoms with Gasteiger partial charge in [-0.2, -0.15) is 0 Å². The fourth-order valence-electron chi connectivity index (χ4n) is 5.04. The summed E-state index contributed by atoms with van der Waals surface area (Å²) in [6.07, 6.45) is 21.4. The minimum Gasteiger partial charge on any atom is -1.00 e. The number of benzene rings is 1. The number of rotatable bonds is 23. The van der Waals surface area contributed by atoms with Crippen molar-refractivity contribution in [3.8, 4) is 11.5 Å². The highest BCUT2D eigenvalue weighted by Crippen LogP contribution is 2.29. The summed E-state index contributed by atoms with van der Waals surface area (Å²) in [6, 6.07) is 10.9. The fourth-order valence-corrected chi connectivity index (χ4v) is 5.27. The molecule has 0 aliphatic heterocycles. The third kappa shape index (κ3) is 16.7. The van der Waals surface area contributed by atoms with E-state index in [1.54, 1.807) is 18.2 Å². The Hall–Kier alpha value is -1.87. The van der Waals surface area contributed by atoms with E-state index in [2.05, 4.69) is 18.4 Å². The summed E-state index contributed by atoms with van der Waals surface area (Å²) < 4.78 is 13.6. The maximum Gasteiger partial charge on any atom is 0.267 e. The zero-order valence-electron chi connectivity index (χ0n) is 26.8. The van der Waals surface area contributed by atoms with Crippen molar-refractivity contribution in [2.45, 2.75) is 130 Å². The van der Waals surface area contributed by atoms with Crippen molar-refractivity contribution >= 4 is 23.4 Å². The van der Waals surface area contributed by atoms with Crippen LogP contribution in [0.15, 0.2) is 42.6 Å². The van der Waals surface area contributed by atoms with Gasteiger partial charge in [-0.15, -0.1) is 0 Å². The van der Waals surface area contributed by atoms with Crippen molar-refractivity contribution in [2.24, 2.45) is 0 Å². The van der Waals surface area contributed by atoms with E-state index in [4.69, 9.17) is 21.1 Å². The lowest BCUT2D eigenvalue weighted by Gasteiger charge is -2.18. The first-order valence-corrected chi connectivity index (χ1v) is 16.7.